The molecular formula is C10H20N2O. The largest absolute Gasteiger partial charge is 0.349 e. The van der Waals surface area contributed by atoms with E-state index in [0.717, 1.165) is 12.8 Å². The van der Waals surface area contributed by atoms with Crippen LogP contribution in [-0.2, 0) is 4.79 Å². The first kappa shape index (κ1) is 10.5. The molecule has 3 heteroatoms. The number of rotatable bonds is 3. The highest BCUT2D eigenvalue weighted by Gasteiger charge is 2.34. The van der Waals surface area contributed by atoms with Gasteiger partial charge in [0.05, 0.1) is 0 Å². The predicted molar refractivity (Wildman–Crippen MR) is 53.3 cm³/mol. The Morgan fingerprint density at radius 3 is 2.31 bits per heavy atom. The third-order valence-corrected chi connectivity index (χ3v) is 3.12. The van der Waals surface area contributed by atoms with Gasteiger partial charge in [0.1, 0.15) is 0 Å². The molecule has 3 nitrogen and oxygen atoms in total. The predicted octanol–water partition coefficient (Wildman–Crippen LogP) is 0.984. The zero-order valence-corrected chi connectivity index (χ0v) is 8.68. The summed E-state index contributed by atoms with van der Waals surface area (Å²) in [5, 5.41) is 0. The Morgan fingerprint density at radius 1 is 1.38 bits per heavy atom. The van der Waals surface area contributed by atoms with E-state index in [0.29, 0.717) is 13.0 Å². The zero-order valence-electron chi connectivity index (χ0n) is 8.68. The molecule has 0 aliphatic heterocycles. The first-order valence-corrected chi connectivity index (χ1v) is 5.00. The summed E-state index contributed by atoms with van der Waals surface area (Å²) in [6.07, 6.45) is 5.36. The number of carbonyl (C=O) groups excluding carboxylic acids is 1. The molecule has 1 aliphatic carbocycles. The van der Waals surface area contributed by atoms with Crippen molar-refractivity contribution >= 4 is 5.91 Å². The van der Waals surface area contributed by atoms with Gasteiger partial charge in [-0.3, -0.25) is 4.79 Å². The fourth-order valence-electron chi connectivity index (χ4n) is 2.06. The van der Waals surface area contributed by atoms with E-state index in [1.165, 1.54) is 12.8 Å². The maximum Gasteiger partial charge on any atom is 0.222 e. The lowest BCUT2D eigenvalue weighted by molar-refractivity contribution is -0.131. The molecule has 0 aromatic heterocycles. The molecule has 0 heterocycles. The quantitative estimate of drug-likeness (QED) is 0.711. The summed E-state index contributed by atoms with van der Waals surface area (Å²) in [5.74, 6) is 0.215. The van der Waals surface area contributed by atoms with Crippen LogP contribution in [0.2, 0.25) is 0 Å². The van der Waals surface area contributed by atoms with Crippen molar-refractivity contribution in [3.63, 3.8) is 0 Å². The van der Waals surface area contributed by atoms with E-state index in [9.17, 15) is 4.79 Å². The van der Waals surface area contributed by atoms with Crippen LogP contribution in [0.5, 0.6) is 0 Å². The summed E-state index contributed by atoms with van der Waals surface area (Å²) in [4.78, 5) is 13.2. The standard InChI is InChI=1S/C10H20N2O/c1-12(2)9(13)7-10(8-11)5-3-4-6-10/h3-8,11H2,1-2H3. The molecular weight excluding hydrogens is 164 g/mol. The molecule has 0 bridgehead atoms. The average molecular weight is 184 g/mol. The smallest absolute Gasteiger partial charge is 0.222 e. The number of hydrogen-bond donors (Lipinski definition) is 1. The van der Waals surface area contributed by atoms with Crippen LogP contribution in [0.15, 0.2) is 0 Å². The van der Waals surface area contributed by atoms with Crippen LogP contribution in [-0.4, -0.2) is 31.4 Å². The van der Waals surface area contributed by atoms with Crippen LogP contribution in [0.3, 0.4) is 0 Å². The molecule has 0 saturated heterocycles. The van der Waals surface area contributed by atoms with Crippen molar-refractivity contribution in [3.8, 4) is 0 Å². The Bertz CT molecular complexity index is 183. The minimum atomic E-state index is 0.126. The van der Waals surface area contributed by atoms with Crippen LogP contribution < -0.4 is 5.73 Å². The number of nitrogens with zero attached hydrogens (tertiary/aromatic N) is 1. The summed E-state index contributed by atoms with van der Waals surface area (Å²) >= 11 is 0. The molecule has 2 N–H and O–H groups in total. The number of nitrogens with two attached hydrogens (primary N) is 1. The maximum atomic E-state index is 11.5. The van der Waals surface area contributed by atoms with Gasteiger partial charge >= 0.3 is 0 Å². The summed E-state index contributed by atoms with van der Waals surface area (Å²) in [5.41, 5.74) is 5.87. The van der Waals surface area contributed by atoms with E-state index in [2.05, 4.69) is 0 Å². The van der Waals surface area contributed by atoms with Gasteiger partial charge in [-0.25, -0.2) is 0 Å². The molecule has 1 rings (SSSR count). The summed E-state index contributed by atoms with van der Waals surface area (Å²) in [7, 11) is 3.61. The molecule has 0 aromatic rings. The molecule has 0 unspecified atom stereocenters. The molecule has 0 aromatic carbocycles. The minimum absolute atomic E-state index is 0.126. The van der Waals surface area contributed by atoms with E-state index in [1.807, 2.05) is 14.1 Å². The van der Waals surface area contributed by atoms with Crippen molar-refractivity contribution in [3.05, 3.63) is 0 Å². The highest BCUT2D eigenvalue weighted by Crippen LogP contribution is 2.40. The molecule has 13 heavy (non-hydrogen) atoms. The van der Waals surface area contributed by atoms with Gasteiger partial charge in [0.25, 0.3) is 0 Å². The molecule has 0 atom stereocenters. The van der Waals surface area contributed by atoms with Gasteiger partial charge in [-0.05, 0) is 24.8 Å². The van der Waals surface area contributed by atoms with Gasteiger partial charge in [-0.1, -0.05) is 12.8 Å². The van der Waals surface area contributed by atoms with E-state index >= 15 is 0 Å². The van der Waals surface area contributed by atoms with E-state index in [4.69, 9.17) is 5.73 Å². The monoisotopic (exact) mass is 184 g/mol. The first-order chi connectivity index (χ1) is 6.09. The van der Waals surface area contributed by atoms with Crippen LogP contribution in [0.1, 0.15) is 32.1 Å². The highest BCUT2D eigenvalue weighted by molar-refractivity contribution is 5.76. The van der Waals surface area contributed by atoms with Gasteiger partial charge < -0.3 is 10.6 Å². The second-order valence-electron chi connectivity index (χ2n) is 4.38. The second kappa shape index (κ2) is 4.09. The van der Waals surface area contributed by atoms with Crippen molar-refractivity contribution in [2.24, 2.45) is 11.1 Å². The van der Waals surface area contributed by atoms with Crippen molar-refractivity contribution in [2.45, 2.75) is 32.1 Å². The minimum Gasteiger partial charge on any atom is -0.349 e. The van der Waals surface area contributed by atoms with Gasteiger partial charge in [-0.2, -0.15) is 0 Å². The molecule has 1 aliphatic rings. The highest BCUT2D eigenvalue weighted by atomic mass is 16.2. The molecule has 0 radical (unpaired) electrons. The average Bonchev–Trinajstić information content (AvgIpc) is 2.54. The maximum absolute atomic E-state index is 11.5. The van der Waals surface area contributed by atoms with E-state index < -0.39 is 0 Å². The second-order valence-corrected chi connectivity index (χ2v) is 4.38. The summed E-state index contributed by atoms with van der Waals surface area (Å²) in [6.45, 7) is 0.659. The Labute approximate surface area is 80.3 Å². The lowest BCUT2D eigenvalue weighted by Crippen LogP contribution is -2.34. The summed E-state index contributed by atoms with van der Waals surface area (Å²) in [6, 6.07) is 0. The normalized spacial score (nSPS) is 20.2. The molecule has 0 spiro atoms. The number of carbonyl (C=O) groups is 1. The molecule has 1 amide bonds. The topological polar surface area (TPSA) is 46.3 Å². The van der Waals surface area contributed by atoms with Gasteiger partial charge in [0.2, 0.25) is 5.91 Å². The third-order valence-electron chi connectivity index (χ3n) is 3.12. The number of amides is 1. The number of hydrogen-bond acceptors (Lipinski definition) is 2. The van der Waals surface area contributed by atoms with Crippen molar-refractivity contribution in [2.75, 3.05) is 20.6 Å². The van der Waals surface area contributed by atoms with Crippen molar-refractivity contribution in [1.82, 2.24) is 4.90 Å². The van der Waals surface area contributed by atoms with Gasteiger partial charge in [-0.15, -0.1) is 0 Å². The fourth-order valence-corrected chi connectivity index (χ4v) is 2.06. The molecule has 76 valence electrons. The van der Waals surface area contributed by atoms with Crippen molar-refractivity contribution < 1.29 is 4.79 Å². The van der Waals surface area contributed by atoms with E-state index in [-0.39, 0.29) is 11.3 Å². The Kier molecular flexibility index (Phi) is 3.31. The van der Waals surface area contributed by atoms with Crippen LogP contribution >= 0.6 is 0 Å². The molecule has 1 saturated carbocycles. The van der Waals surface area contributed by atoms with Gasteiger partial charge in [0, 0.05) is 20.5 Å². The first-order valence-electron chi connectivity index (χ1n) is 5.00. The fraction of sp³-hybridized carbons (Fsp3) is 0.900. The zero-order chi connectivity index (χ0) is 9.90. The Balaban J connectivity index is 2.53. The Morgan fingerprint density at radius 2 is 1.92 bits per heavy atom. The lowest BCUT2D eigenvalue weighted by Gasteiger charge is -2.27. The summed E-state index contributed by atoms with van der Waals surface area (Å²) < 4.78 is 0. The lowest BCUT2D eigenvalue weighted by atomic mass is 9.82. The van der Waals surface area contributed by atoms with Crippen molar-refractivity contribution in [1.29, 1.82) is 0 Å². The molecule has 1 fully saturated rings. The van der Waals surface area contributed by atoms with Crippen LogP contribution in [0.25, 0.3) is 0 Å². The Hall–Kier alpha value is -0.570. The van der Waals surface area contributed by atoms with Crippen LogP contribution in [0, 0.1) is 5.41 Å². The van der Waals surface area contributed by atoms with Gasteiger partial charge in [0.15, 0.2) is 0 Å². The SMILES string of the molecule is CN(C)C(=O)CC1(CN)CCCC1. The van der Waals surface area contributed by atoms with E-state index in [1.54, 1.807) is 4.90 Å². The third kappa shape index (κ3) is 2.44. The van der Waals surface area contributed by atoms with Crippen LogP contribution in [0.4, 0.5) is 0 Å².